The van der Waals surface area contributed by atoms with Crippen LogP contribution in [0.25, 0.3) is 0 Å². The lowest BCUT2D eigenvalue weighted by atomic mass is 10.1. The number of anilines is 1. The Morgan fingerprint density at radius 1 is 1.43 bits per heavy atom. The zero-order chi connectivity index (χ0) is 15.8. The van der Waals surface area contributed by atoms with E-state index in [1.165, 1.54) is 7.11 Å². The molecule has 1 aliphatic rings. The summed E-state index contributed by atoms with van der Waals surface area (Å²) in [6, 6.07) is 0.911. The van der Waals surface area contributed by atoms with Crippen molar-refractivity contribution in [2.75, 3.05) is 19.4 Å². The summed E-state index contributed by atoms with van der Waals surface area (Å²) in [4.78, 5) is 23.6. The molecule has 1 fully saturated rings. The van der Waals surface area contributed by atoms with Crippen LogP contribution >= 0.6 is 23.2 Å². The van der Waals surface area contributed by atoms with Crippen molar-refractivity contribution in [3.63, 3.8) is 0 Å². The van der Waals surface area contributed by atoms with Gasteiger partial charge in [0, 0.05) is 6.54 Å². The van der Waals surface area contributed by atoms with Crippen molar-refractivity contribution in [1.29, 1.82) is 0 Å². The van der Waals surface area contributed by atoms with Crippen molar-refractivity contribution in [3.8, 4) is 0 Å². The zero-order valence-electron chi connectivity index (χ0n) is 11.1. The largest absolute Gasteiger partial charge is 0.469 e. The average Bonchev–Trinajstić information content (AvgIpc) is 3.26. The number of benzene rings is 1. The van der Waals surface area contributed by atoms with E-state index >= 15 is 0 Å². The second-order valence-corrected chi connectivity index (χ2v) is 5.66. The van der Waals surface area contributed by atoms with Gasteiger partial charge in [0.1, 0.15) is 10.8 Å². The summed E-state index contributed by atoms with van der Waals surface area (Å²) in [5.74, 6) is -1.84. The van der Waals surface area contributed by atoms with E-state index in [4.69, 9.17) is 28.9 Å². The first-order valence-electron chi connectivity index (χ1n) is 6.12. The Labute approximate surface area is 130 Å². The van der Waals surface area contributed by atoms with Crippen LogP contribution in [0.1, 0.15) is 23.2 Å². The summed E-state index contributed by atoms with van der Waals surface area (Å²) in [6.07, 6.45) is 1.26. The average molecular weight is 335 g/mol. The highest BCUT2D eigenvalue weighted by Crippen LogP contribution is 2.46. The number of hydrogen-bond donors (Lipinski definition) is 2. The fourth-order valence-electron chi connectivity index (χ4n) is 1.95. The Bertz CT molecular complexity index is 618. The summed E-state index contributed by atoms with van der Waals surface area (Å²) >= 11 is 11.5. The van der Waals surface area contributed by atoms with Crippen LogP contribution in [-0.2, 0) is 9.53 Å². The van der Waals surface area contributed by atoms with Gasteiger partial charge in [0.25, 0.3) is 5.91 Å². The number of carbonyl (C=O) groups excluding carboxylic acids is 2. The van der Waals surface area contributed by atoms with Crippen LogP contribution in [0.15, 0.2) is 6.07 Å². The van der Waals surface area contributed by atoms with E-state index in [0.717, 1.165) is 6.07 Å². The van der Waals surface area contributed by atoms with E-state index in [0.29, 0.717) is 12.8 Å². The standard InChI is InChI=1S/C13H13Cl2FN2O3/c1-21-12(20)13(2-3-13)5-18-11(19)6-4-7(16)9(15)10(17)8(6)14/h4H,2-3,5,17H2,1H3,(H,18,19). The molecule has 0 atom stereocenters. The minimum atomic E-state index is -0.835. The minimum absolute atomic E-state index is 0.0962. The number of esters is 1. The summed E-state index contributed by atoms with van der Waals surface area (Å²) in [5.41, 5.74) is 4.52. The molecule has 5 nitrogen and oxygen atoms in total. The number of rotatable bonds is 4. The van der Waals surface area contributed by atoms with Crippen LogP contribution < -0.4 is 11.1 Å². The summed E-state index contributed by atoms with van der Waals surface area (Å²) in [6.45, 7) is 0.0962. The second kappa shape index (κ2) is 5.69. The van der Waals surface area contributed by atoms with Crippen LogP contribution in [0.2, 0.25) is 10.0 Å². The molecular formula is C13H13Cl2FN2O3. The molecule has 0 radical (unpaired) electrons. The van der Waals surface area contributed by atoms with Crippen molar-refractivity contribution >= 4 is 40.8 Å². The highest BCUT2D eigenvalue weighted by molar-refractivity contribution is 6.40. The van der Waals surface area contributed by atoms with E-state index < -0.39 is 17.1 Å². The minimum Gasteiger partial charge on any atom is -0.469 e. The lowest BCUT2D eigenvalue weighted by Crippen LogP contribution is -2.35. The zero-order valence-corrected chi connectivity index (χ0v) is 12.6. The topological polar surface area (TPSA) is 81.4 Å². The fourth-order valence-corrected chi connectivity index (χ4v) is 2.39. The molecule has 1 aromatic rings. The quantitative estimate of drug-likeness (QED) is 0.503. The highest BCUT2D eigenvalue weighted by Gasteiger charge is 2.51. The van der Waals surface area contributed by atoms with Crippen molar-refractivity contribution in [2.24, 2.45) is 5.41 Å². The number of carbonyl (C=O) groups is 2. The van der Waals surface area contributed by atoms with Gasteiger partial charge in [-0.3, -0.25) is 9.59 Å². The van der Waals surface area contributed by atoms with Gasteiger partial charge in [-0.1, -0.05) is 23.2 Å². The van der Waals surface area contributed by atoms with E-state index in [1.807, 2.05) is 0 Å². The Hall–Kier alpha value is -1.53. The maximum atomic E-state index is 13.5. The summed E-state index contributed by atoms with van der Waals surface area (Å²) in [7, 11) is 1.29. The van der Waals surface area contributed by atoms with Crippen molar-refractivity contribution in [3.05, 3.63) is 27.5 Å². The van der Waals surface area contributed by atoms with E-state index in [1.54, 1.807) is 0 Å². The molecule has 8 heteroatoms. The monoisotopic (exact) mass is 334 g/mol. The van der Waals surface area contributed by atoms with Crippen molar-refractivity contribution < 1.29 is 18.7 Å². The molecule has 2 rings (SSSR count). The number of amides is 1. The van der Waals surface area contributed by atoms with Gasteiger partial charge in [0.2, 0.25) is 0 Å². The Kier molecular flexibility index (Phi) is 4.30. The van der Waals surface area contributed by atoms with Gasteiger partial charge < -0.3 is 15.8 Å². The summed E-state index contributed by atoms with van der Waals surface area (Å²) in [5, 5.41) is 2.09. The Balaban J connectivity index is 2.14. The third-order valence-corrected chi connectivity index (χ3v) is 4.29. The predicted molar refractivity (Wildman–Crippen MR) is 76.8 cm³/mol. The highest BCUT2D eigenvalue weighted by atomic mass is 35.5. The maximum Gasteiger partial charge on any atom is 0.313 e. The van der Waals surface area contributed by atoms with E-state index in [2.05, 4.69) is 10.1 Å². The molecule has 1 aromatic carbocycles. The number of nitrogens with one attached hydrogen (secondary N) is 1. The lowest BCUT2D eigenvalue weighted by molar-refractivity contribution is -0.146. The Morgan fingerprint density at radius 3 is 2.57 bits per heavy atom. The molecule has 0 bridgehead atoms. The van der Waals surface area contributed by atoms with Crippen LogP contribution in [0.3, 0.4) is 0 Å². The fraction of sp³-hybridized carbons (Fsp3) is 0.385. The number of ether oxygens (including phenoxy) is 1. The smallest absolute Gasteiger partial charge is 0.313 e. The molecule has 0 spiro atoms. The van der Waals surface area contributed by atoms with Gasteiger partial charge >= 0.3 is 5.97 Å². The van der Waals surface area contributed by atoms with E-state index in [9.17, 15) is 14.0 Å². The number of hydrogen-bond acceptors (Lipinski definition) is 4. The normalized spacial score (nSPS) is 15.4. The molecule has 114 valence electrons. The van der Waals surface area contributed by atoms with Gasteiger partial charge in [-0.15, -0.1) is 0 Å². The van der Waals surface area contributed by atoms with Gasteiger partial charge in [-0.25, -0.2) is 4.39 Å². The first-order chi connectivity index (χ1) is 9.82. The first kappa shape index (κ1) is 15.9. The van der Waals surface area contributed by atoms with Crippen LogP contribution in [0.4, 0.5) is 10.1 Å². The molecule has 0 saturated heterocycles. The third kappa shape index (κ3) is 2.91. The maximum absolute atomic E-state index is 13.5. The molecular weight excluding hydrogens is 322 g/mol. The first-order valence-corrected chi connectivity index (χ1v) is 6.87. The number of nitrogen functional groups attached to an aromatic ring is 1. The molecule has 1 saturated carbocycles. The van der Waals surface area contributed by atoms with Crippen molar-refractivity contribution in [2.45, 2.75) is 12.8 Å². The van der Waals surface area contributed by atoms with Gasteiger partial charge in [-0.05, 0) is 18.9 Å². The molecule has 0 aromatic heterocycles. The molecule has 0 unspecified atom stereocenters. The molecule has 3 N–H and O–H groups in total. The number of nitrogens with two attached hydrogens (primary N) is 1. The third-order valence-electron chi connectivity index (χ3n) is 3.49. The van der Waals surface area contributed by atoms with Crippen molar-refractivity contribution in [1.82, 2.24) is 5.32 Å². The molecule has 0 heterocycles. The summed E-state index contributed by atoms with van der Waals surface area (Å²) < 4.78 is 18.2. The Morgan fingerprint density at radius 2 is 2.05 bits per heavy atom. The van der Waals surface area contributed by atoms with Crippen LogP contribution in [0.5, 0.6) is 0 Å². The number of halogens is 3. The van der Waals surface area contributed by atoms with Gasteiger partial charge in [0.15, 0.2) is 0 Å². The van der Waals surface area contributed by atoms with E-state index in [-0.39, 0.29) is 33.8 Å². The van der Waals surface area contributed by atoms with Gasteiger partial charge in [0.05, 0.1) is 28.8 Å². The van der Waals surface area contributed by atoms with Crippen LogP contribution in [0, 0.1) is 11.2 Å². The molecule has 0 aliphatic heterocycles. The molecule has 1 aliphatic carbocycles. The number of methoxy groups -OCH3 is 1. The second-order valence-electron chi connectivity index (χ2n) is 4.90. The van der Waals surface area contributed by atoms with Gasteiger partial charge in [-0.2, -0.15) is 0 Å². The molecule has 21 heavy (non-hydrogen) atoms. The predicted octanol–water partition coefficient (Wildman–Crippen LogP) is 2.40. The SMILES string of the molecule is COC(=O)C1(CNC(=O)c2cc(F)c(Cl)c(N)c2Cl)CC1. The van der Waals surface area contributed by atoms with Crippen LogP contribution in [-0.4, -0.2) is 25.5 Å². The molecule has 1 amide bonds. The lowest BCUT2D eigenvalue weighted by Gasteiger charge is -2.14.